The third kappa shape index (κ3) is 5.15. The van der Waals surface area contributed by atoms with E-state index in [1.165, 1.54) is 11.8 Å². The molecule has 2 rings (SSSR count). The second-order valence-electron chi connectivity index (χ2n) is 4.14. The summed E-state index contributed by atoms with van der Waals surface area (Å²) >= 11 is 15.0. The van der Waals surface area contributed by atoms with Crippen LogP contribution in [0.25, 0.3) is 0 Å². The number of hydrogen-bond donors (Lipinski definition) is 1. The summed E-state index contributed by atoms with van der Waals surface area (Å²) in [5, 5.41) is 4.08. The Morgan fingerprint density at radius 2 is 2.00 bits per heavy atom. The Labute approximate surface area is 142 Å². The number of carbonyl (C=O) groups is 1. The van der Waals surface area contributed by atoms with Crippen molar-refractivity contribution in [3.8, 4) is 0 Å². The normalized spacial score (nSPS) is 10.4. The molecule has 1 N–H and O–H groups in total. The highest BCUT2D eigenvalue weighted by Gasteiger charge is 2.07. The Balaban J connectivity index is 1.94. The number of amides is 1. The van der Waals surface area contributed by atoms with Crippen molar-refractivity contribution in [3.63, 3.8) is 0 Å². The third-order valence-electron chi connectivity index (χ3n) is 2.61. The first-order valence-corrected chi connectivity index (χ1v) is 9.07. The summed E-state index contributed by atoms with van der Waals surface area (Å²) in [7, 11) is 0. The molecular formula is C15H13Cl2NOS2. The second kappa shape index (κ2) is 7.99. The molecule has 0 spiro atoms. The van der Waals surface area contributed by atoms with Crippen molar-refractivity contribution in [1.29, 1.82) is 0 Å². The predicted molar refractivity (Wildman–Crippen MR) is 94.0 cm³/mol. The molecule has 0 atom stereocenters. The minimum atomic E-state index is -0.0747. The van der Waals surface area contributed by atoms with Gasteiger partial charge in [-0.15, -0.1) is 23.5 Å². The molecule has 110 valence electrons. The molecule has 0 bridgehead atoms. The van der Waals surface area contributed by atoms with E-state index in [4.69, 9.17) is 23.2 Å². The average molecular weight is 358 g/mol. The van der Waals surface area contributed by atoms with Gasteiger partial charge in [0.2, 0.25) is 5.91 Å². The second-order valence-corrected chi connectivity index (χ2v) is 6.88. The molecule has 0 saturated heterocycles. The monoisotopic (exact) mass is 357 g/mol. The van der Waals surface area contributed by atoms with Crippen LogP contribution in [0, 0.1) is 0 Å². The summed E-state index contributed by atoms with van der Waals surface area (Å²) in [6.07, 6.45) is 2.00. The standard InChI is InChI=1S/C15H13Cl2NOS2/c1-20-12-4-2-3-11(8-12)18-15(19)9-21-14-7-10(16)5-6-13(14)17/h2-8H,9H2,1H3,(H,18,19). The highest BCUT2D eigenvalue weighted by molar-refractivity contribution is 8.00. The number of anilines is 1. The number of benzene rings is 2. The van der Waals surface area contributed by atoms with Gasteiger partial charge in [-0.1, -0.05) is 29.3 Å². The first-order chi connectivity index (χ1) is 10.1. The molecule has 0 heterocycles. The lowest BCUT2D eigenvalue weighted by molar-refractivity contribution is -0.113. The SMILES string of the molecule is CSc1cccc(NC(=O)CSc2cc(Cl)ccc2Cl)c1. The van der Waals surface area contributed by atoms with E-state index in [0.717, 1.165) is 15.5 Å². The highest BCUT2D eigenvalue weighted by Crippen LogP contribution is 2.30. The molecule has 2 aromatic rings. The maximum atomic E-state index is 12.0. The van der Waals surface area contributed by atoms with E-state index >= 15 is 0 Å². The maximum absolute atomic E-state index is 12.0. The van der Waals surface area contributed by atoms with Gasteiger partial charge in [0.15, 0.2) is 0 Å². The Kier molecular flexibility index (Phi) is 6.30. The van der Waals surface area contributed by atoms with Crippen LogP contribution in [-0.4, -0.2) is 17.9 Å². The highest BCUT2D eigenvalue weighted by atomic mass is 35.5. The van der Waals surface area contributed by atoms with Gasteiger partial charge in [0.25, 0.3) is 0 Å². The van der Waals surface area contributed by atoms with Gasteiger partial charge in [0, 0.05) is 20.5 Å². The Hall–Kier alpha value is -0.810. The van der Waals surface area contributed by atoms with Crippen LogP contribution in [0.1, 0.15) is 0 Å². The summed E-state index contributed by atoms with van der Waals surface area (Å²) in [4.78, 5) is 13.9. The number of nitrogens with one attached hydrogen (secondary N) is 1. The van der Waals surface area contributed by atoms with Crippen LogP contribution in [0.5, 0.6) is 0 Å². The minimum absolute atomic E-state index is 0.0747. The van der Waals surface area contributed by atoms with Gasteiger partial charge in [-0.2, -0.15) is 0 Å². The van der Waals surface area contributed by atoms with Crippen molar-refractivity contribution in [2.75, 3.05) is 17.3 Å². The molecule has 0 aliphatic carbocycles. The van der Waals surface area contributed by atoms with Gasteiger partial charge in [-0.25, -0.2) is 0 Å². The van der Waals surface area contributed by atoms with Crippen molar-refractivity contribution in [2.45, 2.75) is 9.79 Å². The Bertz CT molecular complexity index is 649. The number of halogens is 2. The topological polar surface area (TPSA) is 29.1 Å². The Morgan fingerprint density at radius 3 is 2.76 bits per heavy atom. The van der Waals surface area contributed by atoms with Crippen LogP contribution in [0.2, 0.25) is 10.0 Å². The summed E-state index contributed by atoms with van der Waals surface area (Å²) < 4.78 is 0. The van der Waals surface area contributed by atoms with Gasteiger partial charge >= 0.3 is 0 Å². The molecule has 0 radical (unpaired) electrons. The van der Waals surface area contributed by atoms with Crippen LogP contribution in [0.15, 0.2) is 52.3 Å². The van der Waals surface area contributed by atoms with Crippen LogP contribution in [-0.2, 0) is 4.79 Å². The molecule has 0 saturated carbocycles. The number of carbonyl (C=O) groups excluding carboxylic acids is 1. The molecule has 2 aromatic carbocycles. The first kappa shape index (κ1) is 16.6. The molecule has 0 unspecified atom stereocenters. The van der Waals surface area contributed by atoms with Gasteiger partial charge in [0.05, 0.1) is 10.8 Å². The smallest absolute Gasteiger partial charge is 0.234 e. The van der Waals surface area contributed by atoms with Crippen LogP contribution in [0.3, 0.4) is 0 Å². The van der Waals surface area contributed by atoms with E-state index < -0.39 is 0 Å². The van der Waals surface area contributed by atoms with Gasteiger partial charge < -0.3 is 5.32 Å². The Morgan fingerprint density at radius 1 is 1.19 bits per heavy atom. The third-order valence-corrected chi connectivity index (χ3v) is 5.06. The minimum Gasteiger partial charge on any atom is -0.325 e. The van der Waals surface area contributed by atoms with E-state index in [0.29, 0.717) is 10.0 Å². The maximum Gasteiger partial charge on any atom is 0.234 e. The fraction of sp³-hybridized carbons (Fsp3) is 0.133. The average Bonchev–Trinajstić information content (AvgIpc) is 2.48. The number of hydrogen-bond acceptors (Lipinski definition) is 3. The lowest BCUT2D eigenvalue weighted by Crippen LogP contribution is -2.13. The van der Waals surface area contributed by atoms with E-state index in [-0.39, 0.29) is 11.7 Å². The summed E-state index contributed by atoms with van der Waals surface area (Å²) in [5.74, 6) is 0.207. The van der Waals surface area contributed by atoms with E-state index in [1.807, 2.05) is 30.5 Å². The zero-order chi connectivity index (χ0) is 15.2. The largest absolute Gasteiger partial charge is 0.325 e. The zero-order valence-corrected chi connectivity index (χ0v) is 14.4. The lowest BCUT2D eigenvalue weighted by atomic mass is 10.3. The summed E-state index contributed by atoms with van der Waals surface area (Å²) in [6, 6.07) is 12.9. The fourth-order valence-electron chi connectivity index (χ4n) is 1.63. The quantitative estimate of drug-likeness (QED) is 0.721. The van der Waals surface area contributed by atoms with Crippen LogP contribution < -0.4 is 5.32 Å². The van der Waals surface area contributed by atoms with Gasteiger partial charge in [-0.05, 0) is 42.7 Å². The lowest BCUT2D eigenvalue weighted by Gasteiger charge is -2.07. The number of thioether (sulfide) groups is 2. The molecule has 21 heavy (non-hydrogen) atoms. The molecule has 0 aliphatic rings. The van der Waals surface area contributed by atoms with Crippen molar-refractivity contribution in [3.05, 3.63) is 52.5 Å². The van der Waals surface area contributed by atoms with Crippen LogP contribution >= 0.6 is 46.7 Å². The van der Waals surface area contributed by atoms with Crippen molar-refractivity contribution in [1.82, 2.24) is 0 Å². The first-order valence-electron chi connectivity index (χ1n) is 6.10. The number of rotatable bonds is 5. The molecule has 0 fully saturated rings. The molecular weight excluding hydrogens is 345 g/mol. The van der Waals surface area contributed by atoms with Gasteiger partial charge in [0.1, 0.15) is 0 Å². The van der Waals surface area contributed by atoms with Crippen molar-refractivity contribution >= 4 is 58.3 Å². The predicted octanol–water partition coefficient (Wildman–Crippen LogP) is 5.45. The zero-order valence-electron chi connectivity index (χ0n) is 11.2. The summed E-state index contributed by atoms with van der Waals surface area (Å²) in [6.45, 7) is 0. The van der Waals surface area contributed by atoms with Crippen molar-refractivity contribution in [2.24, 2.45) is 0 Å². The van der Waals surface area contributed by atoms with E-state index in [2.05, 4.69) is 5.32 Å². The van der Waals surface area contributed by atoms with Crippen molar-refractivity contribution < 1.29 is 4.79 Å². The van der Waals surface area contributed by atoms with Crippen LogP contribution in [0.4, 0.5) is 5.69 Å². The molecule has 0 aromatic heterocycles. The van der Waals surface area contributed by atoms with Gasteiger partial charge in [-0.3, -0.25) is 4.79 Å². The molecule has 6 heteroatoms. The molecule has 2 nitrogen and oxygen atoms in total. The fourth-order valence-corrected chi connectivity index (χ4v) is 3.38. The molecule has 1 amide bonds. The summed E-state index contributed by atoms with van der Waals surface area (Å²) in [5.41, 5.74) is 0.796. The van der Waals surface area contributed by atoms with E-state index in [9.17, 15) is 4.79 Å². The van der Waals surface area contributed by atoms with E-state index in [1.54, 1.807) is 30.0 Å². The molecule has 0 aliphatic heterocycles.